The van der Waals surface area contributed by atoms with Crippen LogP contribution in [0.1, 0.15) is 27.6 Å². The molecule has 0 aliphatic heterocycles. The molecule has 0 saturated carbocycles. The lowest BCUT2D eigenvalue weighted by molar-refractivity contribution is -0.132. The van der Waals surface area contributed by atoms with Gasteiger partial charge < -0.3 is 24.8 Å². The van der Waals surface area contributed by atoms with E-state index in [2.05, 4.69) is 6.58 Å². The number of aliphatic hydroxyl groups excluding tert-OH is 2. The van der Waals surface area contributed by atoms with E-state index in [0.717, 1.165) is 0 Å². The molecule has 1 aromatic carbocycles. The molecule has 0 aliphatic rings. The van der Waals surface area contributed by atoms with Crippen molar-refractivity contribution in [2.24, 2.45) is 0 Å². The second kappa shape index (κ2) is 11.8. The van der Waals surface area contributed by atoms with Crippen molar-refractivity contribution in [1.82, 2.24) is 0 Å². The van der Waals surface area contributed by atoms with Crippen molar-refractivity contribution in [3.05, 3.63) is 47.5 Å². The van der Waals surface area contributed by atoms with Crippen LogP contribution in [0.3, 0.4) is 0 Å². The van der Waals surface area contributed by atoms with Gasteiger partial charge in [-0.05, 0) is 19.1 Å². The Balaban J connectivity index is 0.000000754. The van der Waals surface area contributed by atoms with E-state index in [9.17, 15) is 14.4 Å². The summed E-state index contributed by atoms with van der Waals surface area (Å²) in [6, 6.07) is 6.02. The van der Waals surface area contributed by atoms with E-state index in [1.807, 2.05) is 0 Å². The molecule has 132 valence electrons. The van der Waals surface area contributed by atoms with Crippen LogP contribution in [-0.2, 0) is 14.3 Å². The number of aliphatic hydroxyl groups is 2. The molecule has 24 heavy (non-hydrogen) atoms. The summed E-state index contributed by atoms with van der Waals surface area (Å²) in [5, 5.41) is 25.0. The fourth-order valence-electron chi connectivity index (χ4n) is 1.27. The van der Waals surface area contributed by atoms with Crippen molar-refractivity contribution >= 4 is 17.9 Å². The Morgan fingerprint density at radius 3 is 1.54 bits per heavy atom. The van der Waals surface area contributed by atoms with Crippen molar-refractivity contribution in [2.75, 3.05) is 26.4 Å². The van der Waals surface area contributed by atoms with Crippen molar-refractivity contribution in [1.29, 1.82) is 0 Å². The Bertz CT molecular complexity index is 528. The highest BCUT2D eigenvalue weighted by Crippen LogP contribution is 2.11. The first kappa shape index (κ1) is 21.3. The largest absolute Gasteiger partial charge is 0.478 e. The Morgan fingerprint density at radius 1 is 0.958 bits per heavy atom. The number of hydrogen-bond acceptors (Lipinski definition) is 7. The number of carboxylic acid groups (broad SMARTS) is 1. The molecule has 1 aromatic rings. The molecule has 0 saturated heterocycles. The highest BCUT2D eigenvalue weighted by atomic mass is 16.5. The Morgan fingerprint density at radius 2 is 1.29 bits per heavy atom. The third-order valence-corrected chi connectivity index (χ3v) is 2.38. The van der Waals surface area contributed by atoms with Crippen molar-refractivity contribution in [3.8, 4) is 0 Å². The van der Waals surface area contributed by atoms with Gasteiger partial charge in [-0.15, -0.1) is 0 Å². The number of aliphatic carboxylic acids is 1. The van der Waals surface area contributed by atoms with Crippen LogP contribution in [-0.4, -0.2) is 59.7 Å². The predicted molar refractivity (Wildman–Crippen MR) is 83.6 cm³/mol. The van der Waals surface area contributed by atoms with Crippen molar-refractivity contribution in [3.63, 3.8) is 0 Å². The Hall–Kier alpha value is -2.71. The van der Waals surface area contributed by atoms with Gasteiger partial charge in [0.2, 0.25) is 0 Å². The highest BCUT2D eigenvalue weighted by molar-refractivity contribution is 6.03. The average Bonchev–Trinajstić information content (AvgIpc) is 2.57. The molecule has 8 nitrogen and oxygen atoms in total. The monoisotopic (exact) mass is 340 g/mol. The molecule has 8 heteroatoms. The van der Waals surface area contributed by atoms with Crippen LogP contribution in [0.4, 0.5) is 0 Å². The number of rotatable bonds is 7. The van der Waals surface area contributed by atoms with E-state index in [1.165, 1.54) is 19.1 Å². The summed E-state index contributed by atoms with van der Waals surface area (Å²) in [7, 11) is 0. The van der Waals surface area contributed by atoms with Gasteiger partial charge in [0, 0.05) is 5.57 Å². The molecule has 0 radical (unpaired) electrons. The van der Waals surface area contributed by atoms with Gasteiger partial charge in [-0.3, -0.25) is 0 Å². The zero-order valence-corrected chi connectivity index (χ0v) is 13.2. The minimum Gasteiger partial charge on any atom is -0.478 e. The third-order valence-electron chi connectivity index (χ3n) is 2.38. The summed E-state index contributed by atoms with van der Waals surface area (Å²) < 4.78 is 9.45. The first-order valence-corrected chi connectivity index (χ1v) is 6.88. The number of carboxylic acids is 1. The number of ether oxygens (including phenoxy) is 2. The van der Waals surface area contributed by atoms with Gasteiger partial charge in [-0.1, -0.05) is 18.7 Å². The van der Waals surface area contributed by atoms with Gasteiger partial charge in [-0.2, -0.15) is 0 Å². The maximum absolute atomic E-state index is 11.6. The van der Waals surface area contributed by atoms with Gasteiger partial charge in [0.25, 0.3) is 0 Å². The van der Waals surface area contributed by atoms with E-state index in [0.29, 0.717) is 0 Å². The molecule has 0 unspecified atom stereocenters. The summed E-state index contributed by atoms with van der Waals surface area (Å²) in [6.45, 7) is 3.74. The maximum atomic E-state index is 11.6. The highest BCUT2D eigenvalue weighted by Gasteiger charge is 2.18. The molecule has 0 atom stereocenters. The normalized spacial score (nSPS) is 9.29. The van der Waals surface area contributed by atoms with Gasteiger partial charge in [0.05, 0.1) is 24.3 Å². The number of benzene rings is 1. The number of esters is 2. The van der Waals surface area contributed by atoms with Gasteiger partial charge in [0.1, 0.15) is 13.2 Å². The molecular weight excluding hydrogens is 320 g/mol. The lowest BCUT2D eigenvalue weighted by atomic mass is 10.1. The Kier molecular flexibility index (Phi) is 10.5. The number of hydrogen-bond donors (Lipinski definition) is 3. The summed E-state index contributed by atoms with van der Waals surface area (Å²) in [4.78, 5) is 32.8. The van der Waals surface area contributed by atoms with Crippen LogP contribution in [0.15, 0.2) is 36.4 Å². The second-order valence-electron chi connectivity index (χ2n) is 4.35. The van der Waals surface area contributed by atoms with Gasteiger partial charge in [-0.25, -0.2) is 14.4 Å². The van der Waals surface area contributed by atoms with Crippen LogP contribution in [0, 0.1) is 0 Å². The molecule has 0 spiro atoms. The van der Waals surface area contributed by atoms with Crippen LogP contribution < -0.4 is 0 Å². The lowest BCUT2D eigenvalue weighted by Crippen LogP contribution is -2.16. The van der Waals surface area contributed by atoms with E-state index in [1.54, 1.807) is 12.1 Å². The standard InChI is InChI=1S/C12H14O6.C4H6O2/c13-5-7-17-11(15)9-3-1-2-4-10(9)12(16)18-8-6-14;1-3(2)4(5)6/h1-4,13-14H,5-8H2;1H2,2H3,(H,5,6). The molecule has 0 aliphatic carbocycles. The zero-order chi connectivity index (χ0) is 18.5. The minimum atomic E-state index is -0.935. The SMILES string of the molecule is C=C(C)C(=O)O.O=C(OCCO)c1ccccc1C(=O)OCCO. The number of carbonyl (C=O) groups is 3. The summed E-state index contributed by atoms with van der Waals surface area (Å²) >= 11 is 0. The minimum absolute atomic E-state index is 0.0638. The van der Waals surface area contributed by atoms with Crippen LogP contribution >= 0.6 is 0 Å². The maximum Gasteiger partial charge on any atom is 0.339 e. The van der Waals surface area contributed by atoms with Crippen molar-refractivity contribution in [2.45, 2.75) is 6.92 Å². The summed E-state index contributed by atoms with van der Waals surface area (Å²) in [5.74, 6) is -2.35. The molecule has 3 N–H and O–H groups in total. The second-order valence-corrected chi connectivity index (χ2v) is 4.35. The van der Waals surface area contributed by atoms with Crippen molar-refractivity contribution < 1.29 is 39.2 Å². The van der Waals surface area contributed by atoms with Crippen LogP contribution in [0.25, 0.3) is 0 Å². The lowest BCUT2D eigenvalue weighted by Gasteiger charge is -2.08. The van der Waals surface area contributed by atoms with E-state index < -0.39 is 17.9 Å². The number of carbonyl (C=O) groups excluding carboxylic acids is 2. The summed E-state index contributed by atoms with van der Waals surface area (Å²) in [5.41, 5.74) is 0.303. The molecule has 0 aromatic heterocycles. The smallest absolute Gasteiger partial charge is 0.339 e. The van der Waals surface area contributed by atoms with Crippen LogP contribution in [0.5, 0.6) is 0 Å². The fourth-order valence-corrected chi connectivity index (χ4v) is 1.27. The third kappa shape index (κ3) is 8.06. The first-order valence-electron chi connectivity index (χ1n) is 6.88. The molecule has 1 rings (SSSR count). The summed E-state index contributed by atoms with van der Waals surface area (Å²) in [6.07, 6.45) is 0. The van der Waals surface area contributed by atoms with Crippen LogP contribution in [0.2, 0.25) is 0 Å². The molecule has 0 fully saturated rings. The van der Waals surface area contributed by atoms with E-state index in [4.69, 9.17) is 24.8 Å². The zero-order valence-electron chi connectivity index (χ0n) is 13.2. The molecular formula is C16H20O8. The quantitative estimate of drug-likeness (QED) is 0.487. The van der Waals surface area contributed by atoms with E-state index >= 15 is 0 Å². The van der Waals surface area contributed by atoms with Gasteiger partial charge >= 0.3 is 17.9 Å². The predicted octanol–water partition coefficient (Wildman–Crippen LogP) is 0.632. The van der Waals surface area contributed by atoms with E-state index in [-0.39, 0.29) is 43.1 Å². The fraction of sp³-hybridized carbons (Fsp3) is 0.312. The molecule has 0 heterocycles. The van der Waals surface area contributed by atoms with Gasteiger partial charge in [0.15, 0.2) is 0 Å². The molecule has 0 amide bonds. The molecule has 0 bridgehead atoms. The first-order chi connectivity index (χ1) is 11.3. The Labute approximate surface area is 138 Å². The topological polar surface area (TPSA) is 130 Å². The average molecular weight is 340 g/mol.